The van der Waals surface area contributed by atoms with Gasteiger partial charge in [0.1, 0.15) is 0 Å². The first-order chi connectivity index (χ1) is 9.06. The molecule has 5 nitrogen and oxygen atoms in total. The highest BCUT2D eigenvalue weighted by Gasteiger charge is 2.34. The van der Waals surface area contributed by atoms with Gasteiger partial charge in [-0.05, 0) is 32.1 Å². The molecular weight excluding hydrogens is 242 g/mol. The molecule has 1 aliphatic rings. The number of carbonyl (C=O) groups is 1. The second kappa shape index (κ2) is 6.12. The van der Waals surface area contributed by atoms with E-state index in [1.54, 1.807) is 17.3 Å². The van der Waals surface area contributed by atoms with Crippen molar-refractivity contribution in [2.75, 3.05) is 27.2 Å². The fraction of sp³-hybridized carbons (Fsp3) is 0.571. The second-order valence-electron chi connectivity index (χ2n) is 5.39. The first kappa shape index (κ1) is 14.0. The van der Waals surface area contributed by atoms with Crippen LogP contribution in [-0.2, 0) is 11.2 Å². The van der Waals surface area contributed by atoms with Crippen LogP contribution >= 0.6 is 0 Å². The fourth-order valence-electron chi connectivity index (χ4n) is 2.57. The highest BCUT2D eigenvalue weighted by atomic mass is 16.3. The zero-order chi connectivity index (χ0) is 13.8. The maximum atomic E-state index is 12.3. The van der Waals surface area contributed by atoms with Gasteiger partial charge < -0.3 is 14.9 Å². The van der Waals surface area contributed by atoms with Crippen molar-refractivity contribution in [3.05, 3.63) is 30.1 Å². The van der Waals surface area contributed by atoms with Crippen molar-refractivity contribution >= 4 is 5.91 Å². The molecule has 1 saturated heterocycles. The van der Waals surface area contributed by atoms with E-state index in [-0.39, 0.29) is 11.9 Å². The van der Waals surface area contributed by atoms with Crippen LogP contribution in [0.5, 0.6) is 0 Å². The first-order valence-corrected chi connectivity index (χ1v) is 6.57. The molecule has 2 heterocycles. The van der Waals surface area contributed by atoms with Crippen LogP contribution < -0.4 is 0 Å². The third-order valence-electron chi connectivity index (χ3n) is 3.37. The Morgan fingerprint density at radius 2 is 2.37 bits per heavy atom. The van der Waals surface area contributed by atoms with Gasteiger partial charge in [-0.2, -0.15) is 0 Å². The molecule has 0 saturated carbocycles. The number of rotatable bonds is 4. The van der Waals surface area contributed by atoms with Gasteiger partial charge in [0, 0.05) is 31.5 Å². The summed E-state index contributed by atoms with van der Waals surface area (Å²) in [5.41, 5.74) is 0.914. The summed E-state index contributed by atoms with van der Waals surface area (Å²) in [5.74, 6) is 0.0661. The minimum atomic E-state index is -0.400. The summed E-state index contributed by atoms with van der Waals surface area (Å²) in [6.45, 7) is 1.23. The van der Waals surface area contributed by atoms with Gasteiger partial charge in [-0.25, -0.2) is 0 Å². The number of likely N-dealkylation sites (N-methyl/N-ethyl adjacent to an activating group) is 1. The molecule has 0 aliphatic carbocycles. The minimum absolute atomic E-state index is 0.0661. The van der Waals surface area contributed by atoms with Gasteiger partial charge in [-0.3, -0.25) is 9.78 Å². The molecular formula is C14H21N3O2. The molecule has 19 heavy (non-hydrogen) atoms. The maximum absolute atomic E-state index is 12.3. The first-order valence-electron chi connectivity index (χ1n) is 6.57. The number of pyridine rings is 1. The number of β-amino-alcohol motifs (C(OH)–C–C–N with tert-alkyl or cyclic N) is 1. The normalized spacial score (nSPS) is 23.1. The van der Waals surface area contributed by atoms with Crippen molar-refractivity contribution in [1.29, 1.82) is 0 Å². The van der Waals surface area contributed by atoms with Crippen molar-refractivity contribution in [2.24, 2.45) is 0 Å². The van der Waals surface area contributed by atoms with E-state index in [0.717, 1.165) is 12.1 Å². The molecule has 1 fully saturated rings. The third-order valence-corrected chi connectivity index (χ3v) is 3.37. The molecule has 1 aliphatic heterocycles. The van der Waals surface area contributed by atoms with Gasteiger partial charge in [0.2, 0.25) is 5.91 Å². The molecule has 2 rings (SSSR count). The Morgan fingerprint density at radius 1 is 1.58 bits per heavy atom. The Hall–Kier alpha value is -1.46. The zero-order valence-electron chi connectivity index (χ0n) is 11.5. The third kappa shape index (κ3) is 3.75. The number of hydrogen-bond donors (Lipinski definition) is 1. The van der Waals surface area contributed by atoms with Crippen LogP contribution in [0.15, 0.2) is 24.5 Å². The van der Waals surface area contributed by atoms with Crippen LogP contribution in [-0.4, -0.2) is 65.1 Å². The monoisotopic (exact) mass is 263 g/mol. The van der Waals surface area contributed by atoms with Crippen LogP contribution in [0, 0.1) is 0 Å². The van der Waals surface area contributed by atoms with Gasteiger partial charge in [-0.15, -0.1) is 0 Å². The lowest BCUT2D eigenvalue weighted by molar-refractivity contribution is -0.131. The Balaban J connectivity index is 2.00. The molecule has 1 aromatic heterocycles. The summed E-state index contributed by atoms with van der Waals surface area (Å²) in [6.07, 6.45) is 4.03. The molecule has 104 valence electrons. The number of likely N-dealkylation sites (tertiary alicyclic amines) is 1. The van der Waals surface area contributed by atoms with Gasteiger partial charge in [0.15, 0.2) is 0 Å². The second-order valence-corrected chi connectivity index (χ2v) is 5.39. The molecule has 2 unspecified atom stereocenters. The van der Waals surface area contributed by atoms with Crippen LogP contribution in [0.3, 0.4) is 0 Å². The average Bonchev–Trinajstić information content (AvgIpc) is 2.70. The highest BCUT2D eigenvalue weighted by Crippen LogP contribution is 2.19. The predicted octanol–water partition coefficient (Wildman–Crippen LogP) is 0.148. The van der Waals surface area contributed by atoms with Crippen molar-refractivity contribution in [1.82, 2.24) is 14.8 Å². The smallest absolute Gasteiger partial charge is 0.227 e. The molecule has 5 heteroatoms. The van der Waals surface area contributed by atoms with Gasteiger partial charge in [0.25, 0.3) is 0 Å². The molecule has 0 spiro atoms. The number of aliphatic hydroxyl groups excluding tert-OH is 1. The standard InChI is InChI=1S/C14H21N3O2/c1-16(2)9-12-7-13(18)10-17(12)14(19)6-11-4-3-5-15-8-11/h3-5,8,12-13,18H,6-7,9-10H2,1-2H3. The van der Waals surface area contributed by atoms with E-state index < -0.39 is 6.10 Å². The molecule has 2 atom stereocenters. The Morgan fingerprint density at radius 3 is 3.00 bits per heavy atom. The summed E-state index contributed by atoms with van der Waals surface area (Å²) < 4.78 is 0. The topological polar surface area (TPSA) is 56.7 Å². The van der Waals surface area contributed by atoms with E-state index in [0.29, 0.717) is 19.4 Å². The minimum Gasteiger partial charge on any atom is -0.391 e. The van der Waals surface area contributed by atoms with Crippen LogP contribution in [0.25, 0.3) is 0 Å². The largest absolute Gasteiger partial charge is 0.391 e. The lowest BCUT2D eigenvalue weighted by atomic mass is 10.1. The van der Waals surface area contributed by atoms with E-state index in [2.05, 4.69) is 4.98 Å². The zero-order valence-corrected chi connectivity index (χ0v) is 11.5. The van der Waals surface area contributed by atoms with Crippen LogP contribution in [0.1, 0.15) is 12.0 Å². The molecule has 1 aromatic rings. The number of aliphatic hydroxyl groups is 1. The summed E-state index contributed by atoms with van der Waals surface area (Å²) >= 11 is 0. The summed E-state index contributed by atoms with van der Waals surface area (Å²) in [5, 5.41) is 9.77. The van der Waals surface area contributed by atoms with E-state index in [4.69, 9.17) is 0 Å². The molecule has 1 N–H and O–H groups in total. The van der Waals surface area contributed by atoms with E-state index in [9.17, 15) is 9.90 Å². The van der Waals surface area contributed by atoms with E-state index in [1.807, 2.05) is 31.1 Å². The highest BCUT2D eigenvalue weighted by molar-refractivity contribution is 5.79. The van der Waals surface area contributed by atoms with Crippen molar-refractivity contribution in [3.8, 4) is 0 Å². The van der Waals surface area contributed by atoms with Gasteiger partial charge >= 0.3 is 0 Å². The van der Waals surface area contributed by atoms with Crippen molar-refractivity contribution < 1.29 is 9.90 Å². The number of hydrogen-bond acceptors (Lipinski definition) is 4. The Bertz CT molecular complexity index is 422. The van der Waals surface area contributed by atoms with Crippen molar-refractivity contribution in [2.45, 2.75) is 25.0 Å². The number of amides is 1. The summed E-state index contributed by atoms with van der Waals surface area (Å²) in [4.78, 5) is 20.2. The maximum Gasteiger partial charge on any atom is 0.227 e. The van der Waals surface area contributed by atoms with E-state index >= 15 is 0 Å². The number of nitrogens with zero attached hydrogens (tertiary/aromatic N) is 3. The van der Waals surface area contributed by atoms with Crippen LogP contribution in [0.4, 0.5) is 0 Å². The summed E-state index contributed by atoms with van der Waals surface area (Å²) in [7, 11) is 3.96. The van der Waals surface area contributed by atoms with Gasteiger partial charge in [0.05, 0.1) is 12.5 Å². The van der Waals surface area contributed by atoms with Crippen LogP contribution in [0.2, 0.25) is 0 Å². The molecule has 0 radical (unpaired) electrons. The average molecular weight is 263 g/mol. The van der Waals surface area contributed by atoms with E-state index in [1.165, 1.54) is 0 Å². The Labute approximate surface area is 113 Å². The molecule has 0 bridgehead atoms. The Kier molecular flexibility index (Phi) is 4.50. The molecule has 0 aromatic carbocycles. The lowest BCUT2D eigenvalue weighted by Crippen LogP contribution is -2.42. The summed E-state index contributed by atoms with van der Waals surface area (Å²) in [6, 6.07) is 3.84. The predicted molar refractivity (Wildman–Crippen MR) is 72.6 cm³/mol. The van der Waals surface area contributed by atoms with Gasteiger partial charge in [-0.1, -0.05) is 6.07 Å². The fourth-order valence-corrected chi connectivity index (χ4v) is 2.57. The number of aromatic nitrogens is 1. The van der Waals surface area contributed by atoms with Crippen molar-refractivity contribution in [3.63, 3.8) is 0 Å². The SMILES string of the molecule is CN(C)CC1CC(O)CN1C(=O)Cc1cccnc1. The quantitative estimate of drug-likeness (QED) is 0.840. The number of carbonyl (C=O) groups excluding carboxylic acids is 1. The molecule has 1 amide bonds. The lowest BCUT2D eigenvalue weighted by Gasteiger charge is -2.26.